The Morgan fingerprint density at radius 2 is 2.18 bits per heavy atom. The van der Waals surface area contributed by atoms with Crippen molar-refractivity contribution < 1.29 is 0 Å². The van der Waals surface area contributed by atoms with Crippen LogP contribution in [-0.2, 0) is 6.42 Å². The van der Waals surface area contributed by atoms with Gasteiger partial charge in [0.1, 0.15) is 10.5 Å². The molecule has 0 saturated carbocycles. The van der Waals surface area contributed by atoms with Crippen molar-refractivity contribution in [3.63, 3.8) is 0 Å². The van der Waals surface area contributed by atoms with Crippen LogP contribution in [0.25, 0.3) is 10.9 Å². The lowest BCUT2D eigenvalue weighted by atomic mass is 10.1. The molecule has 0 unspecified atom stereocenters. The van der Waals surface area contributed by atoms with Crippen molar-refractivity contribution in [3.05, 3.63) is 33.1 Å². The zero-order valence-corrected chi connectivity index (χ0v) is 12.4. The normalized spacial score (nSPS) is 11.3. The van der Waals surface area contributed by atoms with Gasteiger partial charge in [-0.15, -0.1) is 0 Å². The molecular formula is C13H15BrN2S. The second-order valence-corrected chi connectivity index (χ2v) is 5.91. The number of aromatic amines is 1. The summed E-state index contributed by atoms with van der Waals surface area (Å²) in [6.45, 7) is 4.43. The van der Waals surface area contributed by atoms with E-state index in [0.29, 0.717) is 10.6 Å². The molecule has 0 spiro atoms. The van der Waals surface area contributed by atoms with Crippen LogP contribution in [0, 0.1) is 10.6 Å². The topological polar surface area (TPSA) is 28.7 Å². The van der Waals surface area contributed by atoms with Crippen LogP contribution in [0.4, 0.5) is 0 Å². The number of hydrogen-bond donors (Lipinski definition) is 1. The van der Waals surface area contributed by atoms with Gasteiger partial charge in [0, 0.05) is 21.8 Å². The van der Waals surface area contributed by atoms with E-state index in [4.69, 9.17) is 12.2 Å². The van der Waals surface area contributed by atoms with Crippen LogP contribution < -0.4 is 0 Å². The first-order valence-corrected chi connectivity index (χ1v) is 6.95. The van der Waals surface area contributed by atoms with Gasteiger partial charge in [-0.2, -0.15) is 0 Å². The van der Waals surface area contributed by atoms with E-state index >= 15 is 0 Å². The Bertz CT molecular complexity index is 589. The van der Waals surface area contributed by atoms with Gasteiger partial charge in [-0.3, -0.25) is 0 Å². The molecule has 17 heavy (non-hydrogen) atoms. The molecule has 0 aliphatic carbocycles. The molecule has 0 aliphatic heterocycles. The minimum absolute atomic E-state index is 0.679. The van der Waals surface area contributed by atoms with Crippen molar-refractivity contribution in [2.45, 2.75) is 26.7 Å². The van der Waals surface area contributed by atoms with Gasteiger partial charge in [0.05, 0.1) is 0 Å². The van der Waals surface area contributed by atoms with Gasteiger partial charge in [-0.25, -0.2) is 4.98 Å². The summed E-state index contributed by atoms with van der Waals surface area (Å²) in [4.78, 5) is 7.80. The molecule has 4 heteroatoms. The quantitative estimate of drug-likeness (QED) is 0.836. The minimum Gasteiger partial charge on any atom is -0.343 e. The molecule has 0 bridgehead atoms. The molecule has 1 heterocycles. The van der Waals surface area contributed by atoms with E-state index in [2.05, 4.69) is 39.7 Å². The first kappa shape index (κ1) is 12.7. The predicted molar refractivity (Wildman–Crippen MR) is 77.8 cm³/mol. The fourth-order valence-electron chi connectivity index (χ4n) is 1.71. The minimum atomic E-state index is 0.679. The Kier molecular flexibility index (Phi) is 3.94. The lowest BCUT2D eigenvalue weighted by Gasteiger charge is -2.06. The Morgan fingerprint density at radius 1 is 1.41 bits per heavy atom. The SMILES string of the molecule is CC(C)CCc1nc(=S)c2cc(Br)ccc2[nH]1. The summed E-state index contributed by atoms with van der Waals surface area (Å²) in [6.07, 6.45) is 2.08. The number of aryl methyl sites for hydroxylation is 1. The summed E-state index contributed by atoms with van der Waals surface area (Å²) in [5.41, 5.74) is 1.06. The van der Waals surface area contributed by atoms with Crippen LogP contribution in [-0.4, -0.2) is 9.97 Å². The highest BCUT2D eigenvalue weighted by Crippen LogP contribution is 2.19. The van der Waals surface area contributed by atoms with Crippen molar-refractivity contribution in [1.29, 1.82) is 0 Å². The number of H-pyrrole nitrogens is 1. The maximum absolute atomic E-state index is 5.33. The molecule has 1 N–H and O–H groups in total. The lowest BCUT2D eigenvalue weighted by molar-refractivity contribution is 0.575. The lowest BCUT2D eigenvalue weighted by Crippen LogP contribution is -1.99. The third-order valence-corrected chi connectivity index (χ3v) is 3.49. The number of rotatable bonds is 3. The van der Waals surface area contributed by atoms with Crippen LogP contribution in [0.3, 0.4) is 0 Å². The zero-order chi connectivity index (χ0) is 12.4. The highest BCUT2D eigenvalue weighted by atomic mass is 79.9. The monoisotopic (exact) mass is 310 g/mol. The number of nitrogens with zero attached hydrogens (tertiary/aromatic N) is 1. The maximum Gasteiger partial charge on any atom is 0.137 e. The van der Waals surface area contributed by atoms with E-state index in [1.807, 2.05) is 18.2 Å². The number of fused-ring (bicyclic) bond motifs is 1. The highest BCUT2D eigenvalue weighted by molar-refractivity contribution is 9.10. The standard InChI is InChI=1S/C13H15BrN2S/c1-8(2)3-6-12-15-11-5-4-9(14)7-10(11)13(17)16-12/h4-5,7-8H,3,6H2,1-2H3,(H,15,16,17). The largest absolute Gasteiger partial charge is 0.343 e. The molecular weight excluding hydrogens is 296 g/mol. The number of aromatic nitrogens is 2. The van der Waals surface area contributed by atoms with Crippen LogP contribution in [0.2, 0.25) is 0 Å². The summed E-state index contributed by atoms with van der Waals surface area (Å²) in [7, 11) is 0. The number of benzene rings is 1. The maximum atomic E-state index is 5.33. The third kappa shape index (κ3) is 3.13. The second-order valence-electron chi connectivity index (χ2n) is 4.61. The Hall–Kier alpha value is -0.740. The number of nitrogens with one attached hydrogen (secondary N) is 1. The van der Waals surface area contributed by atoms with Gasteiger partial charge in [0.25, 0.3) is 0 Å². The van der Waals surface area contributed by atoms with E-state index in [-0.39, 0.29) is 0 Å². The first-order valence-electron chi connectivity index (χ1n) is 5.74. The molecule has 1 aromatic carbocycles. The average Bonchev–Trinajstić information content (AvgIpc) is 2.27. The van der Waals surface area contributed by atoms with Crippen molar-refractivity contribution in [2.75, 3.05) is 0 Å². The number of hydrogen-bond acceptors (Lipinski definition) is 2. The summed E-state index contributed by atoms with van der Waals surface area (Å²) in [5, 5.41) is 1.00. The molecule has 2 rings (SSSR count). The summed E-state index contributed by atoms with van der Waals surface area (Å²) < 4.78 is 1.71. The molecule has 0 amide bonds. The summed E-state index contributed by atoms with van der Waals surface area (Å²) >= 11 is 8.78. The van der Waals surface area contributed by atoms with Crippen molar-refractivity contribution in [3.8, 4) is 0 Å². The van der Waals surface area contributed by atoms with Gasteiger partial charge < -0.3 is 4.98 Å². The summed E-state index contributed by atoms with van der Waals surface area (Å²) in [6, 6.07) is 6.06. The van der Waals surface area contributed by atoms with Gasteiger partial charge in [-0.05, 0) is 30.5 Å². The van der Waals surface area contributed by atoms with E-state index in [1.165, 1.54) is 0 Å². The van der Waals surface area contributed by atoms with Crippen molar-refractivity contribution in [2.24, 2.45) is 5.92 Å². The average molecular weight is 311 g/mol. The molecule has 0 saturated heterocycles. The molecule has 1 aromatic heterocycles. The van der Waals surface area contributed by atoms with E-state index in [0.717, 1.165) is 34.0 Å². The molecule has 0 radical (unpaired) electrons. The molecule has 2 aromatic rings. The predicted octanol–water partition coefficient (Wildman–Crippen LogP) is 4.64. The van der Waals surface area contributed by atoms with Crippen LogP contribution in [0.1, 0.15) is 26.1 Å². The van der Waals surface area contributed by atoms with Crippen LogP contribution in [0.5, 0.6) is 0 Å². The van der Waals surface area contributed by atoms with Gasteiger partial charge in [0.15, 0.2) is 0 Å². The number of halogens is 1. The van der Waals surface area contributed by atoms with Crippen molar-refractivity contribution >= 4 is 39.1 Å². The van der Waals surface area contributed by atoms with Crippen LogP contribution >= 0.6 is 28.1 Å². The van der Waals surface area contributed by atoms with E-state index < -0.39 is 0 Å². The fraction of sp³-hybridized carbons (Fsp3) is 0.385. The summed E-state index contributed by atoms with van der Waals surface area (Å²) in [5.74, 6) is 1.66. The van der Waals surface area contributed by atoms with Gasteiger partial charge >= 0.3 is 0 Å². The molecule has 90 valence electrons. The Labute approximate surface area is 115 Å². The second kappa shape index (κ2) is 5.27. The molecule has 0 aliphatic rings. The highest BCUT2D eigenvalue weighted by Gasteiger charge is 2.03. The molecule has 2 nitrogen and oxygen atoms in total. The zero-order valence-electron chi connectivity index (χ0n) is 9.96. The van der Waals surface area contributed by atoms with Crippen molar-refractivity contribution in [1.82, 2.24) is 9.97 Å². The smallest absolute Gasteiger partial charge is 0.137 e. The molecule has 0 fully saturated rings. The Balaban J connectivity index is 2.42. The molecule has 0 atom stereocenters. The fourth-order valence-corrected chi connectivity index (χ4v) is 2.35. The van der Waals surface area contributed by atoms with E-state index in [1.54, 1.807) is 0 Å². The third-order valence-electron chi connectivity index (χ3n) is 2.69. The Morgan fingerprint density at radius 3 is 2.88 bits per heavy atom. The van der Waals surface area contributed by atoms with Gasteiger partial charge in [0.2, 0.25) is 0 Å². The van der Waals surface area contributed by atoms with E-state index in [9.17, 15) is 0 Å². The van der Waals surface area contributed by atoms with Crippen LogP contribution in [0.15, 0.2) is 22.7 Å². The van der Waals surface area contributed by atoms with Gasteiger partial charge in [-0.1, -0.05) is 42.0 Å². The first-order chi connectivity index (χ1) is 8.06.